The highest BCUT2D eigenvalue weighted by Gasteiger charge is 2.11. The molecule has 4 nitrogen and oxygen atoms in total. The van der Waals surface area contributed by atoms with Gasteiger partial charge in [0.15, 0.2) is 0 Å². The van der Waals surface area contributed by atoms with Crippen LogP contribution in [0.2, 0.25) is 0 Å². The van der Waals surface area contributed by atoms with Gasteiger partial charge in [0.05, 0.1) is 11.2 Å². The molecule has 14 heavy (non-hydrogen) atoms. The van der Waals surface area contributed by atoms with E-state index >= 15 is 0 Å². The lowest BCUT2D eigenvalue weighted by atomic mass is 10.1. The van der Waals surface area contributed by atoms with Gasteiger partial charge in [0.1, 0.15) is 17.2 Å². The molecule has 0 atom stereocenters. The Morgan fingerprint density at radius 1 is 1.36 bits per heavy atom. The summed E-state index contributed by atoms with van der Waals surface area (Å²) in [6, 6.07) is 1.82. The van der Waals surface area contributed by atoms with Gasteiger partial charge in [0, 0.05) is 6.07 Å². The van der Waals surface area contributed by atoms with E-state index in [0.29, 0.717) is 11.7 Å². The maximum Gasteiger partial charge on any atom is 0.125 e. The van der Waals surface area contributed by atoms with Gasteiger partial charge < -0.3 is 10.7 Å². The van der Waals surface area contributed by atoms with Crippen molar-refractivity contribution in [1.29, 1.82) is 0 Å². The minimum absolute atomic E-state index is 0.337. The molecule has 0 aromatic carbocycles. The molecule has 0 aliphatic carbocycles. The Labute approximate surface area is 82.6 Å². The first kappa shape index (κ1) is 8.99. The van der Waals surface area contributed by atoms with Crippen LogP contribution in [-0.2, 0) is 0 Å². The molecule has 0 aliphatic rings. The number of pyridine rings is 1. The minimum atomic E-state index is 0.337. The van der Waals surface area contributed by atoms with E-state index in [1.54, 1.807) is 0 Å². The lowest BCUT2D eigenvalue weighted by Crippen LogP contribution is -1.98. The molecule has 2 heterocycles. The second-order valence-corrected chi connectivity index (χ2v) is 3.81. The van der Waals surface area contributed by atoms with E-state index in [1.165, 1.54) is 0 Å². The molecule has 2 aromatic heterocycles. The summed E-state index contributed by atoms with van der Waals surface area (Å²) in [4.78, 5) is 11.9. The summed E-state index contributed by atoms with van der Waals surface area (Å²) in [5.41, 5.74) is 8.58. The Bertz CT molecular complexity index is 470. The number of aryl methyl sites for hydroxylation is 1. The predicted octanol–water partition coefficient (Wildman–Crippen LogP) is 1.97. The van der Waals surface area contributed by atoms with Crippen LogP contribution in [0.3, 0.4) is 0 Å². The summed E-state index contributed by atoms with van der Waals surface area (Å²) in [6.07, 6.45) is 0. The summed E-state index contributed by atoms with van der Waals surface area (Å²) < 4.78 is 0. The van der Waals surface area contributed by atoms with E-state index in [4.69, 9.17) is 5.73 Å². The molecule has 4 heteroatoms. The number of H-pyrrole nitrogens is 1. The maximum atomic E-state index is 5.71. The first-order chi connectivity index (χ1) is 6.58. The van der Waals surface area contributed by atoms with Crippen molar-refractivity contribution in [3.8, 4) is 0 Å². The number of nitrogens with two attached hydrogens (primary N) is 1. The molecule has 0 fully saturated rings. The number of nitrogens with zero attached hydrogens (tertiary/aromatic N) is 2. The summed E-state index contributed by atoms with van der Waals surface area (Å²) in [7, 11) is 0. The molecule has 0 radical (unpaired) electrons. The maximum absolute atomic E-state index is 5.71. The van der Waals surface area contributed by atoms with E-state index in [9.17, 15) is 0 Å². The quantitative estimate of drug-likeness (QED) is 0.722. The second kappa shape index (κ2) is 2.97. The molecule has 2 rings (SSSR count). The highest BCUT2D eigenvalue weighted by Crippen LogP contribution is 2.23. The average Bonchev–Trinajstić information content (AvgIpc) is 2.42. The molecular weight excluding hydrogens is 176 g/mol. The van der Waals surface area contributed by atoms with Crippen LogP contribution in [0.5, 0.6) is 0 Å². The number of imidazole rings is 1. The molecule has 3 N–H and O–H groups in total. The fraction of sp³-hybridized carbons (Fsp3) is 0.400. The summed E-state index contributed by atoms with van der Waals surface area (Å²) >= 11 is 0. The van der Waals surface area contributed by atoms with Gasteiger partial charge in [-0.1, -0.05) is 13.8 Å². The largest absolute Gasteiger partial charge is 0.384 e. The van der Waals surface area contributed by atoms with Gasteiger partial charge in [-0.25, -0.2) is 9.97 Å². The molecule has 0 spiro atoms. The van der Waals surface area contributed by atoms with Crippen molar-refractivity contribution in [3.05, 3.63) is 17.6 Å². The van der Waals surface area contributed by atoms with Crippen molar-refractivity contribution in [2.24, 2.45) is 0 Å². The van der Waals surface area contributed by atoms with Crippen molar-refractivity contribution in [2.75, 3.05) is 5.73 Å². The van der Waals surface area contributed by atoms with Crippen LogP contribution in [0.1, 0.15) is 31.3 Å². The Balaban J connectivity index is 2.79. The highest BCUT2D eigenvalue weighted by molar-refractivity contribution is 5.80. The van der Waals surface area contributed by atoms with E-state index in [-0.39, 0.29) is 0 Å². The third-order valence-electron chi connectivity index (χ3n) is 2.18. The zero-order valence-electron chi connectivity index (χ0n) is 8.63. The first-order valence-electron chi connectivity index (χ1n) is 4.70. The van der Waals surface area contributed by atoms with Gasteiger partial charge in [0.25, 0.3) is 0 Å². The van der Waals surface area contributed by atoms with Gasteiger partial charge in [-0.15, -0.1) is 0 Å². The smallest absolute Gasteiger partial charge is 0.125 e. The van der Waals surface area contributed by atoms with Gasteiger partial charge in [-0.3, -0.25) is 0 Å². The van der Waals surface area contributed by atoms with E-state index in [2.05, 4.69) is 28.8 Å². The molecule has 0 aliphatic heterocycles. The normalized spacial score (nSPS) is 11.4. The molecule has 0 saturated carbocycles. The SMILES string of the molecule is Cc1nc2c(C(C)C)nc(N)cc2[nH]1. The van der Waals surface area contributed by atoms with Crippen LogP contribution < -0.4 is 5.73 Å². The van der Waals surface area contributed by atoms with Crippen molar-refractivity contribution in [1.82, 2.24) is 15.0 Å². The lowest BCUT2D eigenvalue weighted by Gasteiger charge is -2.05. The van der Waals surface area contributed by atoms with Crippen molar-refractivity contribution in [3.63, 3.8) is 0 Å². The first-order valence-corrected chi connectivity index (χ1v) is 4.70. The van der Waals surface area contributed by atoms with Crippen molar-refractivity contribution < 1.29 is 0 Å². The lowest BCUT2D eigenvalue weighted by molar-refractivity contribution is 0.833. The third-order valence-corrected chi connectivity index (χ3v) is 2.18. The van der Waals surface area contributed by atoms with E-state index < -0.39 is 0 Å². The summed E-state index contributed by atoms with van der Waals surface area (Å²) in [5, 5.41) is 0. The van der Waals surface area contributed by atoms with E-state index in [0.717, 1.165) is 22.6 Å². The number of aromatic amines is 1. The van der Waals surface area contributed by atoms with Crippen molar-refractivity contribution in [2.45, 2.75) is 26.7 Å². The van der Waals surface area contributed by atoms with Gasteiger partial charge in [0.2, 0.25) is 0 Å². The number of rotatable bonds is 1. The fourth-order valence-corrected chi connectivity index (χ4v) is 1.58. The number of fused-ring (bicyclic) bond motifs is 1. The number of hydrogen-bond donors (Lipinski definition) is 2. The zero-order valence-corrected chi connectivity index (χ0v) is 8.63. The molecule has 74 valence electrons. The van der Waals surface area contributed by atoms with Gasteiger partial charge >= 0.3 is 0 Å². The Morgan fingerprint density at radius 3 is 2.71 bits per heavy atom. The molecule has 0 amide bonds. The average molecular weight is 190 g/mol. The number of nitrogens with one attached hydrogen (secondary N) is 1. The zero-order chi connectivity index (χ0) is 10.3. The molecule has 2 aromatic rings. The number of aromatic nitrogens is 3. The van der Waals surface area contributed by atoms with Crippen LogP contribution in [0.4, 0.5) is 5.82 Å². The third kappa shape index (κ3) is 1.32. The summed E-state index contributed by atoms with van der Waals surface area (Å²) in [6.45, 7) is 6.11. The monoisotopic (exact) mass is 190 g/mol. The van der Waals surface area contributed by atoms with Crippen LogP contribution in [0, 0.1) is 6.92 Å². The minimum Gasteiger partial charge on any atom is -0.384 e. The topological polar surface area (TPSA) is 67.6 Å². The van der Waals surface area contributed by atoms with Crippen molar-refractivity contribution >= 4 is 16.9 Å². The van der Waals surface area contributed by atoms with Crippen LogP contribution in [0.15, 0.2) is 6.07 Å². The molecule has 0 bridgehead atoms. The summed E-state index contributed by atoms with van der Waals surface area (Å²) in [5.74, 6) is 1.78. The van der Waals surface area contributed by atoms with Gasteiger partial charge in [-0.2, -0.15) is 0 Å². The Morgan fingerprint density at radius 2 is 2.07 bits per heavy atom. The second-order valence-electron chi connectivity index (χ2n) is 3.81. The Kier molecular flexibility index (Phi) is 1.91. The van der Waals surface area contributed by atoms with Crippen LogP contribution in [-0.4, -0.2) is 15.0 Å². The van der Waals surface area contributed by atoms with Gasteiger partial charge in [-0.05, 0) is 12.8 Å². The predicted molar refractivity (Wildman–Crippen MR) is 57.1 cm³/mol. The molecule has 0 unspecified atom stereocenters. The molecular formula is C10H14N4. The van der Waals surface area contributed by atoms with Crippen LogP contribution in [0.25, 0.3) is 11.0 Å². The standard InChI is InChI=1S/C10H14N4/c1-5(2)9-10-7(4-8(11)14-9)12-6(3)13-10/h4-5H,1-3H3,(H2,11,14)(H,12,13). The Hall–Kier alpha value is -1.58. The van der Waals surface area contributed by atoms with E-state index in [1.807, 2.05) is 13.0 Å². The number of anilines is 1. The molecule has 0 saturated heterocycles. The highest BCUT2D eigenvalue weighted by atomic mass is 15.0. The number of hydrogen-bond acceptors (Lipinski definition) is 3. The fourth-order valence-electron chi connectivity index (χ4n) is 1.58. The number of nitrogen functional groups attached to an aromatic ring is 1. The van der Waals surface area contributed by atoms with Crippen LogP contribution >= 0.6 is 0 Å².